The van der Waals surface area contributed by atoms with Crippen molar-refractivity contribution in [1.82, 2.24) is 5.32 Å². The zero-order valence-corrected chi connectivity index (χ0v) is 39.0. The molecule has 0 aliphatic carbocycles. The third kappa shape index (κ3) is 44.2. The van der Waals surface area contributed by atoms with Crippen molar-refractivity contribution in [2.24, 2.45) is 0 Å². The number of allylic oxidation sites excluding steroid dienone is 1. The minimum Gasteiger partial charge on any atom is -0.466 e. The molecule has 0 saturated heterocycles. The van der Waals surface area contributed by atoms with Gasteiger partial charge in [-0.25, -0.2) is 0 Å². The Morgan fingerprint density at radius 3 is 1.17 bits per heavy atom. The molecule has 0 radical (unpaired) electrons. The lowest BCUT2D eigenvalue weighted by Gasteiger charge is -2.20. The van der Waals surface area contributed by atoms with Crippen LogP contribution in [-0.4, -0.2) is 47.4 Å². The van der Waals surface area contributed by atoms with Gasteiger partial charge < -0.3 is 20.3 Å². The van der Waals surface area contributed by atoms with Gasteiger partial charge in [0.25, 0.3) is 0 Å². The molecule has 6 heteroatoms. The van der Waals surface area contributed by atoms with Crippen LogP contribution in [0.5, 0.6) is 0 Å². The Hall–Kier alpha value is -1.40. The highest BCUT2D eigenvalue weighted by atomic mass is 16.5. The van der Waals surface area contributed by atoms with Crippen molar-refractivity contribution in [3.8, 4) is 0 Å². The molecule has 1 amide bonds. The fourth-order valence-corrected chi connectivity index (χ4v) is 8.05. The van der Waals surface area contributed by atoms with E-state index in [0.29, 0.717) is 19.4 Å². The van der Waals surface area contributed by atoms with Gasteiger partial charge in [-0.2, -0.15) is 0 Å². The van der Waals surface area contributed by atoms with E-state index in [-0.39, 0.29) is 18.5 Å². The second kappa shape index (κ2) is 48.3. The molecule has 0 aromatic rings. The average molecular weight is 820 g/mol. The van der Waals surface area contributed by atoms with E-state index < -0.39 is 12.1 Å². The van der Waals surface area contributed by atoms with Crippen LogP contribution in [0.1, 0.15) is 284 Å². The van der Waals surface area contributed by atoms with Crippen LogP contribution < -0.4 is 5.32 Å². The van der Waals surface area contributed by atoms with Crippen molar-refractivity contribution in [2.45, 2.75) is 296 Å². The van der Waals surface area contributed by atoms with E-state index in [1.165, 1.54) is 218 Å². The summed E-state index contributed by atoms with van der Waals surface area (Å²) < 4.78 is 5.47. The maximum atomic E-state index is 12.4. The third-order valence-electron chi connectivity index (χ3n) is 12.1. The molecule has 0 fully saturated rings. The van der Waals surface area contributed by atoms with E-state index in [4.69, 9.17) is 4.74 Å². The molecule has 0 heterocycles. The fraction of sp³-hybridized carbons (Fsp3) is 0.923. The summed E-state index contributed by atoms with van der Waals surface area (Å²) in [6.07, 6.45) is 55.1. The Morgan fingerprint density at radius 2 is 0.793 bits per heavy atom. The number of unbranched alkanes of at least 4 members (excludes halogenated alkanes) is 37. The summed E-state index contributed by atoms with van der Waals surface area (Å²) in [5.41, 5.74) is 0. The first-order valence-electron chi connectivity index (χ1n) is 26.0. The Morgan fingerprint density at radius 1 is 0.466 bits per heavy atom. The first-order valence-corrected chi connectivity index (χ1v) is 26.0. The minimum atomic E-state index is -0.843. The van der Waals surface area contributed by atoms with E-state index in [1.54, 1.807) is 6.08 Å². The quantitative estimate of drug-likeness (QED) is 0.0323. The van der Waals surface area contributed by atoms with Gasteiger partial charge in [-0.05, 0) is 32.1 Å². The largest absolute Gasteiger partial charge is 0.466 e. The van der Waals surface area contributed by atoms with Gasteiger partial charge in [-0.3, -0.25) is 9.59 Å². The van der Waals surface area contributed by atoms with Gasteiger partial charge >= 0.3 is 5.97 Å². The van der Waals surface area contributed by atoms with Crippen LogP contribution >= 0.6 is 0 Å². The van der Waals surface area contributed by atoms with E-state index >= 15 is 0 Å². The van der Waals surface area contributed by atoms with Crippen molar-refractivity contribution in [1.29, 1.82) is 0 Å². The average Bonchev–Trinajstić information content (AvgIpc) is 3.22. The molecule has 2 atom stereocenters. The lowest BCUT2D eigenvalue weighted by atomic mass is 10.0. The highest BCUT2D eigenvalue weighted by Gasteiger charge is 2.18. The molecule has 0 aromatic heterocycles. The number of rotatable bonds is 48. The van der Waals surface area contributed by atoms with Crippen LogP contribution in [0.15, 0.2) is 12.2 Å². The second-order valence-electron chi connectivity index (χ2n) is 17.9. The number of aliphatic hydroxyl groups excluding tert-OH is 2. The first-order chi connectivity index (χ1) is 28.5. The number of ether oxygens (including phenoxy) is 1. The number of carbonyl (C=O) groups is 2. The van der Waals surface area contributed by atoms with Crippen molar-refractivity contribution < 1.29 is 24.5 Å². The normalized spacial score (nSPS) is 12.7. The van der Waals surface area contributed by atoms with Gasteiger partial charge in [-0.1, -0.05) is 251 Å². The summed E-state index contributed by atoms with van der Waals surface area (Å²) in [5, 5.41) is 22.9. The van der Waals surface area contributed by atoms with Crippen LogP contribution in [0.4, 0.5) is 0 Å². The number of carbonyl (C=O) groups excluding carboxylic acids is 2. The monoisotopic (exact) mass is 820 g/mol. The molecule has 3 N–H and O–H groups in total. The number of esters is 1. The molecule has 0 saturated carbocycles. The summed E-state index contributed by atoms with van der Waals surface area (Å²) in [6.45, 7) is 4.87. The van der Waals surface area contributed by atoms with Crippen LogP contribution in [0.25, 0.3) is 0 Å². The standard InChI is InChI=1S/C52H101NO5/c1-3-5-7-9-11-13-14-22-26-30-34-38-42-46-52(57)58-47-43-39-35-31-27-24-21-19-17-15-16-18-20-23-25-29-33-37-41-45-51(56)53-49(48-54)50(55)44-40-36-32-28-12-10-8-6-4-2/h40,44,49-50,54-55H,3-39,41-43,45-48H2,1-2H3,(H,53,56)/b44-40+. The van der Waals surface area contributed by atoms with Gasteiger partial charge in [0, 0.05) is 12.8 Å². The van der Waals surface area contributed by atoms with Crippen molar-refractivity contribution >= 4 is 11.9 Å². The molecule has 0 aliphatic heterocycles. The van der Waals surface area contributed by atoms with Crippen molar-refractivity contribution in [3.63, 3.8) is 0 Å². The molecule has 0 rings (SSSR count). The zero-order chi connectivity index (χ0) is 42.3. The first kappa shape index (κ1) is 56.6. The highest BCUT2D eigenvalue weighted by molar-refractivity contribution is 5.76. The smallest absolute Gasteiger partial charge is 0.305 e. The Bertz CT molecular complexity index is 863. The lowest BCUT2D eigenvalue weighted by molar-refractivity contribution is -0.143. The van der Waals surface area contributed by atoms with Gasteiger partial charge in [0.1, 0.15) is 0 Å². The van der Waals surface area contributed by atoms with Gasteiger partial charge in [0.05, 0.1) is 25.4 Å². The topological polar surface area (TPSA) is 95.9 Å². The summed E-state index contributed by atoms with van der Waals surface area (Å²) in [7, 11) is 0. The SMILES string of the molecule is CCCCCCCCC/C=C/C(O)C(CO)NC(=O)CCCCCCCCCCCCCCCCCCCCCOC(=O)CCCCCCCCCCCCCCC. The van der Waals surface area contributed by atoms with Gasteiger partial charge in [0.15, 0.2) is 0 Å². The maximum absolute atomic E-state index is 12.4. The summed E-state index contributed by atoms with van der Waals surface area (Å²) in [4.78, 5) is 24.4. The number of amides is 1. The van der Waals surface area contributed by atoms with Crippen molar-refractivity contribution in [3.05, 3.63) is 12.2 Å². The van der Waals surface area contributed by atoms with E-state index in [1.807, 2.05) is 6.08 Å². The van der Waals surface area contributed by atoms with Crippen LogP contribution in [0, 0.1) is 0 Å². The molecular weight excluding hydrogens is 719 g/mol. The Kier molecular flexibility index (Phi) is 47.1. The van der Waals surface area contributed by atoms with Crippen molar-refractivity contribution in [2.75, 3.05) is 13.2 Å². The predicted molar refractivity (Wildman–Crippen MR) is 250 cm³/mol. The molecule has 0 aromatic carbocycles. The van der Waals surface area contributed by atoms with Gasteiger partial charge in [-0.15, -0.1) is 0 Å². The molecule has 0 aliphatic rings. The van der Waals surface area contributed by atoms with E-state index in [0.717, 1.165) is 38.5 Å². The van der Waals surface area contributed by atoms with Crippen LogP contribution in [-0.2, 0) is 14.3 Å². The lowest BCUT2D eigenvalue weighted by Crippen LogP contribution is -2.45. The predicted octanol–water partition coefficient (Wildman–Crippen LogP) is 15.3. The van der Waals surface area contributed by atoms with Crippen LogP contribution in [0.2, 0.25) is 0 Å². The second-order valence-corrected chi connectivity index (χ2v) is 17.9. The van der Waals surface area contributed by atoms with Gasteiger partial charge in [0.2, 0.25) is 5.91 Å². The minimum absolute atomic E-state index is 0.00958. The number of hydrogen-bond donors (Lipinski definition) is 3. The van der Waals surface area contributed by atoms with E-state index in [9.17, 15) is 19.8 Å². The zero-order valence-electron chi connectivity index (χ0n) is 39.0. The Labute approximate surface area is 361 Å². The molecular formula is C52H101NO5. The molecule has 58 heavy (non-hydrogen) atoms. The highest BCUT2D eigenvalue weighted by Crippen LogP contribution is 2.17. The molecule has 0 spiro atoms. The van der Waals surface area contributed by atoms with Crippen LogP contribution in [0.3, 0.4) is 0 Å². The third-order valence-corrected chi connectivity index (χ3v) is 12.1. The number of aliphatic hydroxyl groups is 2. The molecule has 344 valence electrons. The number of nitrogens with one attached hydrogen (secondary N) is 1. The van der Waals surface area contributed by atoms with E-state index in [2.05, 4.69) is 19.2 Å². The molecule has 0 bridgehead atoms. The number of hydrogen-bond acceptors (Lipinski definition) is 5. The Balaban J connectivity index is 3.38. The molecule has 2 unspecified atom stereocenters. The summed E-state index contributed by atoms with van der Waals surface area (Å²) in [5.74, 6) is -0.0634. The summed E-state index contributed by atoms with van der Waals surface area (Å²) >= 11 is 0. The fourth-order valence-electron chi connectivity index (χ4n) is 8.05. The summed E-state index contributed by atoms with van der Waals surface area (Å²) in [6, 6.07) is -0.626. The maximum Gasteiger partial charge on any atom is 0.305 e. The molecule has 6 nitrogen and oxygen atoms in total.